The van der Waals surface area contributed by atoms with Gasteiger partial charge >= 0.3 is 21.5 Å². The molecule has 0 amide bonds. The van der Waals surface area contributed by atoms with Crippen molar-refractivity contribution in [3.05, 3.63) is 12.2 Å². The normalized spacial score (nSPS) is 24.2. The van der Waals surface area contributed by atoms with Crippen LogP contribution in [0, 0.1) is 0 Å². The number of alkyl halides is 3. The third kappa shape index (κ3) is 4.48. The first-order valence-corrected chi connectivity index (χ1v) is 7.46. The van der Waals surface area contributed by atoms with E-state index < -0.39 is 33.6 Å². The first-order chi connectivity index (χ1) is 9.03. The first-order valence-electron chi connectivity index (χ1n) is 5.98. The molecule has 0 heterocycles. The molecule has 116 valence electrons. The summed E-state index contributed by atoms with van der Waals surface area (Å²) in [5.41, 5.74) is -5.07. The lowest BCUT2D eigenvalue weighted by molar-refractivity contribution is -0.145. The van der Waals surface area contributed by atoms with Gasteiger partial charge in [-0.25, -0.2) is 17.9 Å². The summed E-state index contributed by atoms with van der Waals surface area (Å²) in [4.78, 5) is 11.3. The first kappa shape index (κ1) is 17.0. The van der Waals surface area contributed by atoms with Crippen LogP contribution < -0.4 is 4.72 Å². The van der Waals surface area contributed by atoms with E-state index in [9.17, 15) is 26.4 Å². The molecule has 0 unspecified atom stereocenters. The van der Waals surface area contributed by atoms with Gasteiger partial charge in [0.2, 0.25) is 0 Å². The highest BCUT2D eigenvalue weighted by Gasteiger charge is 2.47. The molecule has 5 nitrogen and oxygen atoms in total. The van der Waals surface area contributed by atoms with Crippen LogP contribution in [0.4, 0.5) is 13.2 Å². The number of halogens is 3. The second kappa shape index (κ2) is 6.13. The molecule has 0 aromatic carbocycles. The fourth-order valence-corrected chi connectivity index (χ4v) is 2.64. The minimum absolute atomic E-state index is 0.184. The quantitative estimate of drug-likeness (QED) is 0.635. The molecule has 1 saturated carbocycles. The van der Waals surface area contributed by atoms with Crippen molar-refractivity contribution >= 4 is 16.0 Å². The van der Waals surface area contributed by atoms with Gasteiger partial charge in [-0.1, -0.05) is 6.58 Å². The zero-order chi connectivity index (χ0) is 15.6. The zero-order valence-corrected chi connectivity index (χ0v) is 11.7. The summed E-state index contributed by atoms with van der Waals surface area (Å²) in [6, 6.07) is -0.790. The van der Waals surface area contributed by atoms with Crippen LogP contribution in [0.25, 0.3) is 0 Å². The third-order valence-corrected chi connectivity index (χ3v) is 4.18. The maximum Gasteiger partial charge on any atom is 0.511 e. The highest BCUT2D eigenvalue weighted by molar-refractivity contribution is 7.90. The van der Waals surface area contributed by atoms with E-state index in [-0.39, 0.29) is 18.4 Å². The van der Waals surface area contributed by atoms with E-state index in [4.69, 9.17) is 4.74 Å². The molecule has 9 heteroatoms. The molecule has 1 aliphatic rings. The van der Waals surface area contributed by atoms with Gasteiger partial charge in [0.15, 0.2) is 0 Å². The summed E-state index contributed by atoms with van der Waals surface area (Å²) in [7, 11) is -5.32. The summed E-state index contributed by atoms with van der Waals surface area (Å²) in [6.45, 7) is 4.91. The maximum absolute atomic E-state index is 12.2. The van der Waals surface area contributed by atoms with Crippen LogP contribution in [-0.4, -0.2) is 32.0 Å². The van der Waals surface area contributed by atoms with Crippen molar-refractivity contribution in [1.29, 1.82) is 0 Å². The second-order valence-electron chi connectivity index (χ2n) is 4.73. The van der Waals surface area contributed by atoms with Gasteiger partial charge in [0.25, 0.3) is 0 Å². The number of sulfonamides is 1. The Morgan fingerprint density at radius 2 is 1.75 bits per heavy atom. The number of esters is 1. The molecule has 0 atom stereocenters. The van der Waals surface area contributed by atoms with Crippen molar-refractivity contribution < 1.29 is 31.1 Å². The SMILES string of the molecule is C=C(C)C(=O)OC1CCC(NS(=O)(=O)C(F)(F)F)CC1. The maximum atomic E-state index is 12.2. The minimum atomic E-state index is -5.32. The Hall–Kier alpha value is -1.09. The number of carbonyl (C=O) groups excluding carboxylic acids is 1. The Bertz CT molecular complexity index is 478. The van der Waals surface area contributed by atoms with Gasteiger partial charge in [-0.3, -0.25) is 0 Å². The average Bonchev–Trinajstić information content (AvgIpc) is 2.29. The van der Waals surface area contributed by atoms with E-state index in [1.165, 1.54) is 6.92 Å². The van der Waals surface area contributed by atoms with Crippen LogP contribution in [0.5, 0.6) is 0 Å². The van der Waals surface area contributed by atoms with Gasteiger partial charge in [0, 0.05) is 11.6 Å². The van der Waals surface area contributed by atoms with Crippen LogP contribution in [0.2, 0.25) is 0 Å². The molecule has 0 aromatic heterocycles. The molecule has 1 N–H and O–H groups in total. The minimum Gasteiger partial charge on any atom is -0.459 e. The van der Waals surface area contributed by atoms with E-state index >= 15 is 0 Å². The third-order valence-electron chi connectivity index (χ3n) is 2.92. The summed E-state index contributed by atoms with van der Waals surface area (Å²) in [5.74, 6) is -0.552. The largest absolute Gasteiger partial charge is 0.511 e. The number of rotatable bonds is 4. The molecular formula is C11H16F3NO4S. The standard InChI is InChI=1S/C11H16F3NO4S/c1-7(2)10(16)19-9-5-3-8(4-6-9)15-20(17,18)11(12,13)14/h8-9,15H,1,3-6H2,2H3. The Morgan fingerprint density at radius 3 is 2.15 bits per heavy atom. The molecule has 0 bridgehead atoms. The average molecular weight is 315 g/mol. The molecular weight excluding hydrogens is 299 g/mol. The molecule has 20 heavy (non-hydrogen) atoms. The van der Waals surface area contributed by atoms with E-state index in [1.54, 1.807) is 4.72 Å². The monoisotopic (exact) mass is 315 g/mol. The number of nitrogens with one attached hydrogen (secondary N) is 1. The predicted molar refractivity (Wildman–Crippen MR) is 65.1 cm³/mol. The smallest absolute Gasteiger partial charge is 0.459 e. The lowest BCUT2D eigenvalue weighted by Gasteiger charge is -2.28. The van der Waals surface area contributed by atoms with Crippen LogP contribution >= 0.6 is 0 Å². The van der Waals surface area contributed by atoms with E-state index in [0.717, 1.165) is 0 Å². The highest BCUT2D eigenvalue weighted by atomic mass is 32.2. The molecule has 1 rings (SSSR count). The number of hydrogen-bond acceptors (Lipinski definition) is 4. The van der Waals surface area contributed by atoms with Gasteiger partial charge in [-0.05, 0) is 32.6 Å². The lowest BCUT2D eigenvalue weighted by Crippen LogP contribution is -2.45. The molecule has 0 saturated heterocycles. The van der Waals surface area contributed by atoms with E-state index in [2.05, 4.69) is 6.58 Å². The molecule has 0 aliphatic heterocycles. The Kier molecular flexibility index (Phi) is 5.20. The van der Waals surface area contributed by atoms with Gasteiger partial charge in [-0.15, -0.1) is 0 Å². The second-order valence-corrected chi connectivity index (χ2v) is 6.43. The van der Waals surface area contributed by atoms with Crippen molar-refractivity contribution in [2.75, 3.05) is 0 Å². The summed E-state index contributed by atoms with van der Waals surface area (Å²) in [5, 5.41) is 0. The van der Waals surface area contributed by atoms with Crippen molar-refractivity contribution in [2.45, 2.75) is 50.3 Å². The Morgan fingerprint density at radius 1 is 1.25 bits per heavy atom. The van der Waals surface area contributed by atoms with Gasteiger partial charge in [-0.2, -0.15) is 13.2 Å². The molecule has 0 spiro atoms. The van der Waals surface area contributed by atoms with Crippen LogP contribution in [0.15, 0.2) is 12.2 Å². The summed E-state index contributed by atoms with van der Waals surface area (Å²) < 4.78 is 65.1. The van der Waals surface area contributed by atoms with Crippen LogP contribution in [0.3, 0.4) is 0 Å². The van der Waals surface area contributed by atoms with Crippen molar-refractivity contribution in [3.8, 4) is 0 Å². The predicted octanol–water partition coefficient (Wildman–Crippen LogP) is 1.86. The number of ether oxygens (including phenoxy) is 1. The van der Waals surface area contributed by atoms with Crippen molar-refractivity contribution in [2.24, 2.45) is 0 Å². The summed E-state index contributed by atoms with van der Waals surface area (Å²) >= 11 is 0. The number of hydrogen-bond donors (Lipinski definition) is 1. The van der Waals surface area contributed by atoms with E-state index in [1.807, 2.05) is 0 Å². The Labute approximate surface area is 115 Å². The molecule has 1 fully saturated rings. The zero-order valence-electron chi connectivity index (χ0n) is 10.9. The molecule has 0 aromatic rings. The fourth-order valence-electron chi connectivity index (χ4n) is 1.84. The molecule has 0 radical (unpaired) electrons. The van der Waals surface area contributed by atoms with Gasteiger partial charge in [0.05, 0.1) is 0 Å². The highest BCUT2D eigenvalue weighted by Crippen LogP contribution is 2.26. The Balaban J connectivity index is 2.48. The van der Waals surface area contributed by atoms with E-state index in [0.29, 0.717) is 12.8 Å². The fraction of sp³-hybridized carbons (Fsp3) is 0.727. The van der Waals surface area contributed by atoms with Crippen molar-refractivity contribution in [3.63, 3.8) is 0 Å². The van der Waals surface area contributed by atoms with Crippen LogP contribution in [-0.2, 0) is 19.6 Å². The van der Waals surface area contributed by atoms with Gasteiger partial charge in [0.1, 0.15) is 6.10 Å². The number of carbonyl (C=O) groups is 1. The molecule has 1 aliphatic carbocycles. The topological polar surface area (TPSA) is 72.5 Å². The lowest BCUT2D eigenvalue weighted by atomic mass is 9.94. The van der Waals surface area contributed by atoms with Crippen molar-refractivity contribution in [1.82, 2.24) is 4.72 Å². The summed E-state index contributed by atoms with van der Waals surface area (Å²) in [6.07, 6.45) is 0.576. The van der Waals surface area contributed by atoms with Crippen LogP contribution in [0.1, 0.15) is 32.6 Å². The van der Waals surface area contributed by atoms with Gasteiger partial charge < -0.3 is 4.74 Å².